The van der Waals surface area contributed by atoms with E-state index in [0.29, 0.717) is 6.42 Å². The fraction of sp³-hybridized carbons (Fsp3) is 0.533. The van der Waals surface area contributed by atoms with Gasteiger partial charge in [0.25, 0.3) is 5.91 Å². The molecule has 1 aromatic carbocycles. The first-order valence-corrected chi connectivity index (χ1v) is 7.94. The Labute approximate surface area is 118 Å². The smallest absolute Gasteiger partial charge is 0.256 e. The van der Waals surface area contributed by atoms with E-state index >= 15 is 0 Å². The fourth-order valence-electron chi connectivity index (χ4n) is 3.22. The molecule has 1 saturated heterocycles. The van der Waals surface area contributed by atoms with Crippen LogP contribution in [0.5, 0.6) is 0 Å². The third-order valence-corrected chi connectivity index (χ3v) is 5.51. The zero-order chi connectivity index (χ0) is 13.5. The van der Waals surface area contributed by atoms with E-state index < -0.39 is 5.72 Å². The van der Waals surface area contributed by atoms with Crippen LogP contribution in [0, 0.1) is 5.92 Å². The minimum atomic E-state index is -1.01. The lowest BCUT2D eigenvalue weighted by atomic mass is 9.80. The quantitative estimate of drug-likeness (QED) is 0.855. The molecule has 3 nitrogen and oxygen atoms in total. The zero-order valence-corrected chi connectivity index (χ0v) is 11.9. The Morgan fingerprint density at radius 1 is 1.32 bits per heavy atom. The largest absolute Gasteiger partial charge is 0.370 e. The van der Waals surface area contributed by atoms with Crippen LogP contribution >= 0.6 is 11.8 Å². The van der Waals surface area contributed by atoms with Gasteiger partial charge >= 0.3 is 0 Å². The lowest BCUT2D eigenvalue weighted by Crippen LogP contribution is -2.59. The molecule has 1 unspecified atom stereocenters. The molecule has 2 aliphatic rings. The summed E-state index contributed by atoms with van der Waals surface area (Å²) < 4.78 is 0. The molecule has 1 atom stereocenters. The van der Waals surface area contributed by atoms with Gasteiger partial charge in [-0.2, -0.15) is 11.8 Å². The van der Waals surface area contributed by atoms with Crippen molar-refractivity contribution in [1.29, 1.82) is 0 Å². The molecule has 4 heteroatoms. The summed E-state index contributed by atoms with van der Waals surface area (Å²) in [5.41, 5.74) is 0.707. The molecule has 0 aliphatic carbocycles. The second-order valence-electron chi connectivity index (χ2n) is 5.46. The van der Waals surface area contributed by atoms with Gasteiger partial charge in [-0.25, -0.2) is 0 Å². The molecule has 1 aromatic rings. The molecule has 1 amide bonds. The molecule has 0 aromatic heterocycles. The Morgan fingerprint density at radius 3 is 2.74 bits per heavy atom. The third-order valence-electron chi connectivity index (χ3n) is 4.46. The van der Waals surface area contributed by atoms with Crippen molar-refractivity contribution >= 4 is 17.7 Å². The van der Waals surface area contributed by atoms with Crippen LogP contribution in [-0.4, -0.2) is 40.2 Å². The zero-order valence-electron chi connectivity index (χ0n) is 11.1. The highest BCUT2D eigenvalue weighted by Gasteiger charge is 2.46. The van der Waals surface area contributed by atoms with E-state index in [4.69, 9.17) is 0 Å². The predicted molar refractivity (Wildman–Crippen MR) is 77.2 cm³/mol. The fourth-order valence-corrected chi connectivity index (χ4v) is 4.32. The summed E-state index contributed by atoms with van der Waals surface area (Å²) in [4.78, 5) is 14.0. The molecule has 0 bridgehead atoms. The summed E-state index contributed by atoms with van der Waals surface area (Å²) in [6.07, 6.45) is 2.53. The van der Waals surface area contributed by atoms with E-state index in [1.165, 1.54) is 0 Å². The molecular formula is C15H19NO2S. The van der Waals surface area contributed by atoms with Crippen molar-refractivity contribution in [2.24, 2.45) is 5.92 Å². The highest BCUT2D eigenvalue weighted by Crippen LogP contribution is 2.39. The normalized spacial score (nSPS) is 28.3. The van der Waals surface area contributed by atoms with E-state index in [0.717, 1.165) is 35.5 Å². The number of fused-ring (bicyclic) bond motifs is 1. The molecule has 19 heavy (non-hydrogen) atoms. The van der Waals surface area contributed by atoms with E-state index in [2.05, 4.69) is 0 Å². The Balaban J connectivity index is 1.97. The van der Waals surface area contributed by atoms with E-state index in [1.807, 2.05) is 36.0 Å². The van der Waals surface area contributed by atoms with Gasteiger partial charge in [0.2, 0.25) is 0 Å². The van der Waals surface area contributed by atoms with Crippen LogP contribution in [-0.2, 0) is 6.42 Å². The van der Waals surface area contributed by atoms with Gasteiger partial charge in [-0.3, -0.25) is 4.79 Å². The second-order valence-corrected chi connectivity index (χ2v) is 6.69. The number of thioether (sulfide) groups is 1. The highest BCUT2D eigenvalue weighted by molar-refractivity contribution is 7.99. The van der Waals surface area contributed by atoms with Gasteiger partial charge in [0.1, 0.15) is 5.72 Å². The molecule has 0 spiro atoms. The molecule has 0 saturated carbocycles. The molecule has 102 valence electrons. The highest BCUT2D eigenvalue weighted by atomic mass is 32.2. The van der Waals surface area contributed by atoms with Crippen molar-refractivity contribution in [3.05, 3.63) is 35.4 Å². The Morgan fingerprint density at radius 2 is 2.00 bits per heavy atom. The summed E-state index contributed by atoms with van der Waals surface area (Å²) in [5.74, 6) is 2.30. The van der Waals surface area contributed by atoms with Gasteiger partial charge in [0.05, 0.1) is 0 Å². The molecule has 2 aliphatic heterocycles. The summed E-state index contributed by atoms with van der Waals surface area (Å²) in [6, 6.07) is 7.63. The lowest BCUT2D eigenvalue weighted by Gasteiger charge is -2.47. The van der Waals surface area contributed by atoms with Gasteiger partial charge in [0.15, 0.2) is 0 Å². The van der Waals surface area contributed by atoms with Crippen molar-refractivity contribution in [1.82, 2.24) is 4.90 Å². The molecule has 3 rings (SSSR count). The average molecular weight is 277 g/mol. The number of carbonyl (C=O) groups is 1. The van der Waals surface area contributed by atoms with Crippen LogP contribution in [0.2, 0.25) is 0 Å². The molecule has 1 N–H and O–H groups in total. The topological polar surface area (TPSA) is 40.5 Å². The van der Waals surface area contributed by atoms with E-state index in [-0.39, 0.29) is 11.8 Å². The minimum Gasteiger partial charge on any atom is -0.370 e. The summed E-state index contributed by atoms with van der Waals surface area (Å²) in [7, 11) is 1.74. The third kappa shape index (κ3) is 2.07. The molecular weight excluding hydrogens is 258 g/mol. The van der Waals surface area contributed by atoms with Crippen LogP contribution in [0.25, 0.3) is 0 Å². The first kappa shape index (κ1) is 13.0. The Bertz CT molecular complexity index is 499. The van der Waals surface area contributed by atoms with Crippen LogP contribution in [0.3, 0.4) is 0 Å². The van der Waals surface area contributed by atoms with Gasteiger partial charge in [-0.05, 0) is 36.0 Å². The number of aliphatic hydroxyl groups is 1. The van der Waals surface area contributed by atoms with Crippen molar-refractivity contribution in [3.63, 3.8) is 0 Å². The molecule has 0 radical (unpaired) electrons. The van der Waals surface area contributed by atoms with Crippen LogP contribution in [0.1, 0.15) is 28.8 Å². The standard InChI is InChI=1S/C15H19NO2S/c1-16-14(17)13-5-3-2-4-11(13)10-15(16,18)12-6-8-19-9-7-12/h2-5,12,18H,6-10H2,1H3. The lowest BCUT2D eigenvalue weighted by molar-refractivity contribution is -0.124. The van der Waals surface area contributed by atoms with Crippen LogP contribution in [0.15, 0.2) is 24.3 Å². The molecule has 1 fully saturated rings. The van der Waals surface area contributed by atoms with Gasteiger partial charge in [-0.15, -0.1) is 0 Å². The maximum Gasteiger partial charge on any atom is 0.256 e. The second kappa shape index (κ2) is 4.84. The number of amides is 1. The first-order chi connectivity index (χ1) is 9.13. The number of likely N-dealkylation sites (N-methyl/N-ethyl adjacent to an activating group) is 1. The Kier molecular flexibility index (Phi) is 3.31. The van der Waals surface area contributed by atoms with E-state index in [1.54, 1.807) is 11.9 Å². The number of hydrogen-bond acceptors (Lipinski definition) is 3. The van der Waals surface area contributed by atoms with Gasteiger partial charge in [-0.1, -0.05) is 18.2 Å². The summed E-state index contributed by atoms with van der Waals surface area (Å²) >= 11 is 1.93. The SMILES string of the molecule is CN1C(=O)c2ccccc2CC1(O)C1CCSCC1. The Hall–Kier alpha value is -1.00. The molecule has 2 heterocycles. The first-order valence-electron chi connectivity index (χ1n) is 6.79. The number of rotatable bonds is 1. The number of nitrogens with zero attached hydrogens (tertiary/aromatic N) is 1. The van der Waals surface area contributed by atoms with Gasteiger partial charge in [0, 0.05) is 24.9 Å². The predicted octanol–water partition coefficient (Wildman–Crippen LogP) is 2.15. The summed E-state index contributed by atoms with van der Waals surface area (Å²) in [6.45, 7) is 0. The summed E-state index contributed by atoms with van der Waals surface area (Å²) in [5, 5.41) is 11.1. The average Bonchev–Trinajstić information content (AvgIpc) is 2.46. The number of carbonyl (C=O) groups excluding carboxylic acids is 1. The van der Waals surface area contributed by atoms with Crippen LogP contribution < -0.4 is 0 Å². The van der Waals surface area contributed by atoms with E-state index in [9.17, 15) is 9.90 Å². The van der Waals surface area contributed by atoms with Crippen LogP contribution in [0.4, 0.5) is 0 Å². The minimum absolute atomic E-state index is 0.0532. The van der Waals surface area contributed by atoms with Gasteiger partial charge < -0.3 is 10.0 Å². The number of benzene rings is 1. The maximum absolute atomic E-state index is 12.4. The van der Waals surface area contributed by atoms with Crippen molar-refractivity contribution in [3.8, 4) is 0 Å². The number of hydrogen-bond donors (Lipinski definition) is 1. The van der Waals surface area contributed by atoms with Crippen molar-refractivity contribution in [2.45, 2.75) is 25.0 Å². The maximum atomic E-state index is 12.4. The monoisotopic (exact) mass is 277 g/mol. The van der Waals surface area contributed by atoms with Crippen molar-refractivity contribution in [2.75, 3.05) is 18.6 Å². The van der Waals surface area contributed by atoms with Crippen molar-refractivity contribution < 1.29 is 9.90 Å².